The minimum atomic E-state index is -1.53. The predicted octanol–water partition coefficient (Wildman–Crippen LogP) is 10.4. The van der Waals surface area contributed by atoms with Crippen LogP contribution in [0.4, 0.5) is 0 Å². The van der Waals surface area contributed by atoms with Gasteiger partial charge in [-0.15, -0.1) is 29.8 Å². The van der Waals surface area contributed by atoms with E-state index in [2.05, 4.69) is 93.8 Å². The van der Waals surface area contributed by atoms with Crippen molar-refractivity contribution in [2.75, 3.05) is 0 Å². The minimum absolute atomic E-state index is 0. The Hall–Kier alpha value is -4.21. The van der Waals surface area contributed by atoms with E-state index in [0.29, 0.717) is 23.0 Å². The number of hydrogen-bond acceptors (Lipinski definition) is 4. The van der Waals surface area contributed by atoms with Gasteiger partial charge in [-0.2, -0.15) is 5.56 Å². The monoisotopic (exact) mass is 842 g/mol. The standard InChI is InChI=1S/C44H43N3O2.Pt/c1-25-19-31(47-38-16-13-30(43(6,7)8)22-36(38)34-11-10-18-45-41(34)47)23-32(20-25)48-39-24-35(27(3)21-28(39)4)42-46-44(9)37-15-12-26(2)29(5)33(37)14-17-40(44)49-42;/h10-13,15-16,18-22,40H,14,17H2,1-9H3;/q-2;+2/t40-,44+;/m0./s1/i14D2;. The molecule has 1 aliphatic heterocycles. The second-order valence-corrected chi connectivity index (χ2v) is 15.0. The molecule has 0 spiro atoms. The van der Waals surface area contributed by atoms with Crippen LogP contribution in [0.15, 0.2) is 71.9 Å². The number of hydrogen-bond donors (Lipinski definition) is 0. The van der Waals surface area contributed by atoms with Gasteiger partial charge in [-0.3, -0.25) is 4.99 Å². The molecule has 0 bridgehead atoms. The van der Waals surface area contributed by atoms with Gasteiger partial charge < -0.3 is 14.0 Å². The van der Waals surface area contributed by atoms with Gasteiger partial charge in [-0.1, -0.05) is 82.6 Å². The first-order valence-electron chi connectivity index (χ1n) is 18.1. The van der Waals surface area contributed by atoms with E-state index in [1.165, 1.54) is 5.56 Å². The molecule has 6 heteroatoms. The fraction of sp³-hybridized carbons (Fsp3) is 0.318. The third-order valence-electron chi connectivity index (χ3n) is 10.4. The largest absolute Gasteiger partial charge is 2.00 e. The van der Waals surface area contributed by atoms with E-state index in [0.717, 1.165) is 66.6 Å². The zero-order chi connectivity index (χ0) is 36.2. The van der Waals surface area contributed by atoms with Gasteiger partial charge in [0.2, 0.25) is 0 Å². The van der Waals surface area contributed by atoms with Crippen LogP contribution in [-0.4, -0.2) is 21.6 Å². The molecule has 0 saturated carbocycles. The first-order chi connectivity index (χ1) is 24.0. The van der Waals surface area contributed by atoms with E-state index in [1.807, 2.05) is 52.1 Å². The van der Waals surface area contributed by atoms with E-state index in [9.17, 15) is 0 Å². The summed E-state index contributed by atoms with van der Waals surface area (Å²) in [5.74, 6) is 1.60. The van der Waals surface area contributed by atoms with Crippen LogP contribution in [0.2, 0.25) is 0 Å². The molecule has 50 heavy (non-hydrogen) atoms. The summed E-state index contributed by atoms with van der Waals surface area (Å²) in [6, 6.07) is 28.1. The van der Waals surface area contributed by atoms with Crippen molar-refractivity contribution in [3.63, 3.8) is 0 Å². The second kappa shape index (κ2) is 12.2. The van der Waals surface area contributed by atoms with Gasteiger partial charge in [0.25, 0.3) is 0 Å². The molecule has 1 aliphatic carbocycles. The van der Waals surface area contributed by atoms with Gasteiger partial charge in [-0.05, 0) is 91.1 Å². The van der Waals surface area contributed by atoms with E-state index >= 15 is 0 Å². The molecule has 0 radical (unpaired) electrons. The van der Waals surface area contributed by atoms with Crippen LogP contribution < -0.4 is 4.74 Å². The van der Waals surface area contributed by atoms with E-state index in [4.69, 9.17) is 22.2 Å². The molecule has 6 aromatic rings. The van der Waals surface area contributed by atoms with Gasteiger partial charge in [0.1, 0.15) is 23.2 Å². The van der Waals surface area contributed by atoms with Crippen molar-refractivity contribution in [3.05, 3.63) is 129 Å². The number of aliphatic imine (C=N–C) groups is 1. The maximum absolute atomic E-state index is 8.99. The number of nitrogens with zero attached hydrogens (tertiary/aromatic N) is 3. The number of aromatic nitrogens is 2. The van der Waals surface area contributed by atoms with E-state index < -0.39 is 18.0 Å². The Morgan fingerprint density at radius 1 is 0.940 bits per heavy atom. The van der Waals surface area contributed by atoms with Crippen LogP contribution in [-0.2, 0) is 43.1 Å². The Labute approximate surface area is 312 Å². The second-order valence-electron chi connectivity index (χ2n) is 15.0. The molecule has 0 saturated heterocycles. The summed E-state index contributed by atoms with van der Waals surface area (Å²) >= 11 is 0. The SMILES string of the molecule is [2H]C1([2H])C[C@@H]2OC(c3[c-]c(Oc4[c-]c(-n5c6ccc(C(C)(C)C)cc6c6cccnc65)cc(C)c4)c(C)cc3C)=N[C@]2(C)c2ccc(C)c(C)c21.[Pt+2]. The molecule has 0 fully saturated rings. The molecule has 2 aromatic heterocycles. The smallest absolute Gasteiger partial charge is 0.514 e. The van der Waals surface area contributed by atoms with Crippen molar-refractivity contribution >= 4 is 27.8 Å². The number of pyridine rings is 1. The molecular weight excluding hydrogens is 798 g/mol. The van der Waals surface area contributed by atoms with Crippen LogP contribution in [0.5, 0.6) is 11.5 Å². The van der Waals surface area contributed by atoms with Crippen LogP contribution in [0.3, 0.4) is 0 Å². The Balaban J connectivity index is 0.00000420. The molecule has 2 aliphatic rings. The molecule has 5 nitrogen and oxygen atoms in total. The van der Waals surface area contributed by atoms with Crippen molar-refractivity contribution in [3.8, 4) is 17.2 Å². The first kappa shape index (κ1) is 31.7. The summed E-state index contributed by atoms with van der Waals surface area (Å²) in [6.45, 7) is 18.9. The molecular formula is C44H43N3O2Pt. The van der Waals surface area contributed by atoms with Gasteiger partial charge in [0.05, 0.1) is 5.52 Å². The Morgan fingerprint density at radius 3 is 2.52 bits per heavy atom. The van der Waals surface area contributed by atoms with E-state index in [1.54, 1.807) is 0 Å². The zero-order valence-corrected chi connectivity index (χ0v) is 32.4. The molecule has 0 N–H and O–H groups in total. The minimum Gasteiger partial charge on any atom is -0.514 e. The van der Waals surface area contributed by atoms with E-state index in [-0.39, 0.29) is 32.9 Å². The number of ether oxygens (including phenoxy) is 2. The van der Waals surface area contributed by atoms with Crippen LogP contribution in [0, 0.1) is 46.8 Å². The molecule has 8 rings (SSSR count). The van der Waals surface area contributed by atoms with Crippen molar-refractivity contribution in [1.29, 1.82) is 0 Å². The van der Waals surface area contributed by atoms with Crippen LogP contribution >= 0.6 is 0 Å². The quantitative estimate of drug-likeness (QED) is 0.166. The summed E-state index contributed by atoms with van der Waals surface area (Å²) in [4.78, 5) is 10.0. The maximum Gasteiger partial charge on any atom is 2.00 e. The fourth-order valence-electron chi connectivity index (χ4n) is 7.41. The third-order valence-corrected chi connectivity index (χ3v) is 10.4. The maximum atomic E-state index is 8.99. The average Bonchev–Trinajstić information content (AvgIpc) is 3.57. The van der Waals surface area contributed by atoms with Crippen molar-refractivity contribution < 1.29 is 33.3 Å². The van der Waals surface area contributed by atoms with Gasteiger partial charge in [0, 0.05) is 31.2 Å². The fourth-order valence-corrected chi connectivity index (χ4v) is 7.41. The molecule has 4 aromatic carbocycles. The predicted molar refractivity (Wildman–Crippen MR) is 199 cm³/mol. The summed E-state index contributed by atoms with van der Waals surface area (Å²) < 4.78 is 33.3. The molecule has 3 heterocycles. The van der Waals surface area contributed by atoms with Crippen molar-refractivity contribution in [2.24, 2.45) is 4.99 Å². The Morgan fingerprint density at radius 2 is 1.74 bits per heavy atom. The topological polar surface area (TPSA) is 48.6 Å². The summed E-state index contributed by atoms with van der Waals surface area (Å²) in [5, 5.41) is 2.25. The number of aryl methyl sites for hydroxylation is 4. The zero-order valence-electron chi connectivity index (χ0n) is 32.1. The first-order valence-corrected chi connectivity index (χ1v) is 17.1. The Kier molecular flexibility index (Phi) is 7.77. The molecule has 0 unspecified atom stereocenters. The molecule has 2 atom stereocenters. The summed E-state index contributed by atoms with van der Waals surface area (Å²) in [7, 11) is 0. The molecule has 0 amide bonds. The summed E-state index contributed by atoms with van der Waals surface area (Å²) in [5.41, 5.74) is 10.7. The molecule has 256 valence electrons. The number of fused-ring (bicyclic) bond motifs is 6. The van der Waals surface area contributed by atoms with Crippen molar-refractivity contribution in [1.82, 2.24) is 9.55 Å². The normalized spacial score (nSPS) is 19.9. The average molecular weight is 843 g/mol. The van der Waals surface area contributed by atoms with Crippen LogP contribution in [0.25, 0.3) is 27.6 Å². The number of benzene rings is 4. The van der Waals surface area contributed by atoms with Gasteiger partial charge in [-0.25, -0.2) is 4.98 Å². The van der Waals surface area contributed by atoms with Gasteiger partial charge in [0.15, 0.2) is 0 Å². The van der Waals surface area contributed by atoms with Crippen molar-refractivity contribution in [2.45, 2.75) is 92.2 Å². The van der Waals surface area contributed by atoms with Crippen LogP contribution in [0.1, 0.15) is 86.9 Å². The van der Waals surface area contributed by atoms with Gasteiger partial charge >= 0.3 is 21.1 Å². The summed E-state index contributed by atoms with van der Waals surface area (Å²) in [6.07, 6.45) is 0.0853. The number of rotatable bonds is 4. The third kappa shape index (κ3) is 5.49. The Bertz CT molecular complexity index is 2460.